The Balaban J connectivity index is 2.99. The normalized spacial score (nSPS) is 13.4. The Labute approximate surface area is 108 Å². The lowest BCUT2D eigenvalue weighted by atomic mass is 9.94. The van der Waals surface area contributed by atoms with Crippen molar-refractivity contribution in [1.82, 2.24) is 0 Å². The molecule has 1 atom stereocenters. The Morgan fingerprint density at radius 1 is 1.32 bits per heavy atom. The summed E-state index contributed by atoms with van der Waals surface area (Å²) in [6.07, 6.45) is -1.30. The van der Waals surface area contributed by atoms with Gasteiger partial charge in [-0.05, 0) is 30.5 Å². The predicted molar refractivity (Wildman–Crippen MR) is 61.0 cm³/mol. The Kier molecular flexibility index (Phi) is 4.55. The van der Waals surface area contributed by atoms with E-state index in [-0.39, 0.29) is 5.56 Å². The lowest BCUT2D eigenvalue weighted by Gasteiger charge is -2.21. The summed E-state index contributed by atoms with van der Waals surface area (Å²) in [4.78, 5) is 10.4. The average Bonchev–Trinajstić information content (AvgIpc) is 2.20. The highest BCUT2D eigenvalue weighted by molar-refractivity contribution is 5.66. The molecule has 1 unspecified atom stereocenters. The molecule has 0 saturated heterocycles. The van der Waals surface area contributed by atoms with Crippen molar-refractivity contribution in [2.24, 2.45) is 5.92 Å². The highest BCUT2D eigenvalue weighted by atomic mass is 19.3. The maximum Gasteiger partial charge on any atom is 0.303 e. The summed E-state index contributed by atoms with van der Waals surface area (Å²) in [5.41, 5.74) is -1.09. The fourth-order valence-electron chi connectivity index (χ4n) is 1.84. The average molecular weight is 278 g/mol. The third-order valence-electron chi connectivity index (χ3n) is 2.77. The Morgan fingerprint density at radius 2 is 1.89 bits per heavy atom. The molecule has 1 aromatic carbocycles. The van der Waals surface area contributed by atoms with Crippen molar-refractivity contribution in [3.8, 4) is 0 Å². The molecular weight excluding hydrogens is 264 g/mol. The SMILES string of the molecule is Cc1cc(F)c(C(F)(F)CC(C)CC(=O)O)cc1F. The molecule has 0 aliphatic heterocycles. The summed E-state index contributed by atoms with van der Waals surface area (Å²) < 4.78 is 54.4. The van der Waals surface area contributed by atoms with Gasteiger partial charge >= 0.3 is 5.97 Å². The Bertz CT molecular complexity index is 486. The van der Waals surface area contributed by atoms with Crippen LogP contribution in [0.5, 0.6) is 0 Å². The van der Waals surface area contributed by atoms with Crippen molar-refractivity contribution < 1.29 is 27.5 Å². The molecule has 0 spiro atoms. The smallest absolute Gasteiger partial charge is 0.303 e. The van der Waals surface area contributed by atoms with Crippen LogP contribution in [0.3, 0.4) is 0 Å². The van der Waals surface area contributed by atoms with E-state index < -0.39 is 47.8 Å². The van der Waals surface area contributed by atoms with Gasteiger partial charge in [0.1, 0.15) is 11.6 Å². The first-order valence-corrected chi connectivity index (χ1v) is 5.69. The van der Waals surface area contributed by atoms with Crippen molar-refractivity contribution in [2.45, 2.75) is 32.6 Å². The van der Waals surface area contributed by atoms with Gasteiger partial charge in [0.05, 0.1) is 5.56 Å². The van der Waals surface area contributed by atoms with Gasteiger partial charge in [-0.1, -0.05) is 6.92 Å². The van der Waals surface area contributed by atoms with Crippen molar-refractivity contribution in [2.75, 3.05) is 0 Å². The van der Waals surface area contributed by atoms with E-state index in [1.165, 1.54) is 13.8 Å². The van der Waals surface area contributed by atoms with Crippen LogP contribution >= 0.6 is 0 Å². The zero-order valence-corrected chi connectivity index (χ0v) is 10.5. The molecule has 0 aliphatic rings. The minimum absolute atomic E-state index is 0.0596. The number of aliphatic carboxylic acids is 1. The molecule has 1 rings (SSSR count). The topological polar surface area (TPSA) is 37.3 Å². The van der Waals surface area contributed by atoms with E-state index >= 15 is 0 Å². The molecule has 0 amide bonds. The second kappa shape index (κ2) is 5.59. The van der Waals surface area contributed by atoms with Crippen molar-refractivity contribution in [1.29, 1.82) is 0 Å². The number of carboxylic acid groups (broad SMARTS) is 1. The van der Waals surface area contributed by atoms with Gasteiger partial charge in [-0.3, -0.25) is 4.79 Å². The first-order chi connectivity index (χ1) is 8.63. The second-order valence-corrected chi connectivity index (χ2v) is 4.69. The molecule has 0 saturated carbocycles. The molecule has 0 heterocycles. The van der Waals surface area contributed by atoms with E-state index in [0.717, 1.165) is 0 Å². The van der Waals surface area contributed by atoms with E-state index in [1.807, 2.05) is 0 Å². The van der Waals surface area contributed by atoms with E-state index in [2.05, 4.69) is 0 Å². The number of carboxylic acids is 1. The second-order valence-electron chi connectivity index (χ2n) is 4.69. The number of halogens is 4. The predicted octanol–water partition coefficient (Wildman–Crippen LogP) is 3.87. The van der Waals surface area contributed by atoms with Crippen LogP contribution in [-0.4, -0.2) is 11.1 Å². The van der Waals surface area contributed by atoms with E-state index in [0.29, 0.717) is 12.1 Å². The van der Waals surface area contributed by atoms with Crippen LogP contribution in [0.2, 0.25) is 0 Å². The lowest BCUT2D eigenvalue weighted by molar-refractivity contribution is -0.138. The molecule has 0 radical (unpaired) electrons. The molecule has 106 valence electrons. The fourth-order valence-corrected chi connectivity index (χ4v) is 1.84. The Hall–Kier alpha value is -1.59. The maximum absolute atomic E-state index is 13.8. The van der Waals surface area contributed by atoms with Gasteiger partial charge in [-0.2, -0.15) is 0 Å². The molecule has 0 aliphatic carbocycles. The van der Waals surface area contributed by atoms with Gasteiger partial charge in [0, 0.05) is 12.8 Å². The summed E-state index contributed by atoms with van der Waals surface area (Å²) in [6, 6.07) is 1.18. The van der Waals surface area contributed by atoms with Crippen LogP contribution in [0.25, 0.3) is 0 Å². The van der Waals surface area contributed by atoms with Crippen LogP contribution in [0.1, 0.15) is 30.9 Å². The monoisotopic (exact) mass is 278 g/mol. The lowest BCUT2D eigenvalue weighted by Crippen LogP contribution is -2.21. The molecule has 6 heteroatoms. The van der Waals surface area contributed by atoms with E-state index in [1.54, 1.807) is 0 Å². The van der Waals surface area contributed by atoms with Crippen molar-refractivity contribution in [3.05, 3.63) is 34.9 Å². The first kappa shape index (κ1) is 15.5. The molecule has 19 heavy (non-hydrogen) atoms. The quantitative estimate of drug-likeness (QED) is 0.830. The van der Waals surface area contributed by atoms with Crippen molar-refractivity contribution >= 4 is 5.97 Å². The van der Waals surface area contributed by atoms with Gasteiger partial charge in [0.2, 0.25) is 0 Å². The van der Waals surface area contributed by atoms with Gasteiger partial charge in [0.15, 0.2) is 0 Å². The Morgan fingerprint density at radius 3 is 2.42 bits per heavy atom. The molecular formula is C13H14F4O2. The standard InChI is InChI=1S/C13H14F4O2/c1-7(3-12(18)19)6-13(16,17)9-5-10(14)8(2)4-11(9)15/h4-5,7H,3,6H2,1-2H3,(H,18,19). The zero-order chi connectivity index (χ0) is 14.8. The van der Waals surface area contributed by atoms with Gasteiger partial charge < -0.3 is 5.11 Å². The number of alkyl halides is 2. The molecule has 0 bridgehead atoms. The maximum atomic E-state index is 13.8. The highest BCUT2D eigenvalue weighted by Crippen LogP contribution is 2.37. The summed E-state index contributed by atoms with van der Waals surface area (Å²) in [5, 5.41) is 8.51. The molecule has 1 aromatic rings. The number of carbonyl (C=O) groups is 1. The van der Waals surface area contributed by atoms with Gasteiger partial charge in [-0.15, -0.1) is 0 Å². The molecule has 0 aromatic heterocycles. The highest BCUT2D eigenvalue weighted by Gasteiger charge is 2.37. The number of benzene rings is 1. The zero-order valence-electron chi connectivity index (χ0n) is 10.5. The largest absolute Gasteiger partial charge is 0.481 e. The minimum atomic E-state index is -3.60. The number of rotatable bonds is 5. The van der Waals surface area contributed by atoms with Crippen LogP contribution in [0.4, 0.5) is 17.6 Å². The first-order valence-electron chi connectivity index (χ1n) is 5.69. The van der Waals surface area contributed by atoms with E-state index in [4.69, 9.17) is 5.11 Å². The molecule has 1 N–H and O–H groups in total. The van der Waals surface area contributed by atoms with Crippen LogP contribution in [0, 0.1) is 24.5 Å². The molecule has 0 fully saturated rings. The number of aryl methyl sites for hydroxylation is 1. The third kappa shape index (κ3) is 3.94. The van der Waals surface area contributed by atoms with Crippen LogP contribution < -0.4 is 0 Å². The van der Waals surface area contributed by atoms with Crippen molar-refractivity contribution in [3.63, 3.8) is 0 Å². The molecule has 2 nitrogen and oxygen atoms in total. The van der Waals surface area contributed by atoms with Gasteiger partial charge in [-0.25, -0.2) is 17.6 Å². The number of hydrogen-bond acceptors (Lipinski definition) is 1. The van der Waals surface area contributed by atoms with Crippen LogP contribution in [0.15, 0.2) is 12.1 Å². The minimum Gasteiger partial charge on any atom is -0.481 e. The number of hydrogen-bond donors (Lipinski definition) is 1. The van der Waals surface area contributed by atoms with E-state index in [9.17, 15) is 22.4 Å². The summed E-state index contributed by atoms with van der Waals surface area (Å²) in [7, 11) is 0. The van der Waals surface area contributed by atoms with Crippen LogP contribution in [-0.2, 0) is 10.7 Å². The summed E-state index contributed by atoms with van der Waals surface area (Å²) in [6.45, 7) is 2.60. The summed E-state index contributed by atoms with van der Waals surface area (Å²) >= 11 is 0. The fraction of sp³-hybridized carbons (Fsp3) is 0.462. The summed E-state index contributed by atoms with van der Waals surface area (Å²) in [5.74, 6) is -7.77. The third-order valence-corrected chi connectivity index (χ3v) is 2.77. The van der Waals surface area contributed by atoms with Gasteiger partial charge in [0.25, 0.3) is 5.92 Å².